The molecule has 2 N–H and O–H groups in total. The minimum absolute atomic E-state index is 0.538. The van der Waals surface area contributed by atoms with E-state index in [-0.39, 0.29) is 0 Å². The molecule has 1 aliphatic heterocycles. The predicted molar refractivity (Wildman–Crippen MR) is 225 cm³/mol. The van der Waals surface area contributed by atoms with Gasteiger partial charge in [0, 0.05) is 32.2 Å². The maximum absolute atomic E-state index is 6.66. The summed E-state index contributed by atoms with van der Waals surface area (Å²) >= 11 is 1.85. The van der Waals surface area contributed by atoms with Crippen LogP contribution in [0.2, 0.25) is 0 Å². The highest BCUT2D eigenvalue weighted by molar-refractivity contribution is 7.99. The van der Waals surface area contributed by atoms with E-state index in [1.807, 2.05) is 78.5 Å². The smallest absolute Gasteiger partial charge is 0.164 e. The van der Waals surface area contributed by atoms with E-state index in [0.717, 1.165) is 27.9 Å². The van der Waals surface area contributed by atoms with E-state index in [1.165, 1.54) is 59.5 Å². The molecule has 11 rings (SSSR count). The molecule has 8 aromatic carbocycles. The first-order valence-electron chi connectivity index (χ1n) is 18.5. The number of aromatic nitrogens is 3. The van der Waals surface area contributed by atoms with Crippen molar-refractivity contribution in [2.24, 2.45) is 0 Å². The summed E-state index contributed by atoms with van der Waals surface area (Å²) < 4.78 is 0. The second kappa shape index (κ2) is 12.4. The van der Waals surface area contributed by atoms with Crippen LogP contribution >= 0.6 is 11.8 Å². The second-order valence-electron chi connectivity index (χ2n) is 14.2. The highest BCUT2D eigenvalue weighted by atomic mass is 32.2. The lowest BCUT2D eigenvalue weighted by atomic mass is 9.66. The van der Waals surface area contributed by atoms with Crippen molar-refractivity contribution < 1.29 is 0 Å². The Morgan fingerprint density at radius 3 is 1.47 bits per heavy atom. The average molecular weight is 721 g/mol. The molecule has 2 heterocycles. The van der Waals surface area contributed by atoms with Crippen LogP contribution < -0.4 is 5.73 Å². The third-order valence-corrected chi connectivity index (χ3v) is 12.3. The Morgan fingerprint density at radius 1 is 0.382 bits per heavy atom. The lowest BCUT2D eigenvalue weighted by molar-refractivity contribution is 0.723. The van der Waals surface area contributed by atoms with E-state index in [1.54, 1.807) is 0 Å². The summed E-state index contributed by atoms with van der Waals surface area (Å²) in [7, 11) is 0. The summed E-state index contributed by atoms with van der Waals surface area (Å²) in [6, 6.07) is 64.5. The molecule has 55 heavy (non-hydrogen) atoms. The van der Waals surface area contributed by atoms with Crippen molar-refractivity contribution in [3.8, 4) is 56.4 Å². The molecular formula is C50H32N4S. The lowest BCUT2D eigenvalue weighted by Gasteiger charge is -2.40. The summed E-state index contributed by atoms with van der Waals surface area (Å²) in [5.74, 6) is 1.93. The van der Waals surface area contributed by atoms with Gasteiger partial charge in [0.05, 0.1) is 5.41 Å². The van der Waals surface area contributed by atoms with Crippen molar-refractivity contribution in [2.75, 3.05) is 5.73 Å². The third kappa shape index (κ3) is 4.83. The van der Waals surface area contributed by atoms with Gasteiger partial charge in [0.2, 0.25) is 0 Å². The summed E-state index contributed by atoms with van der Waals surface area (Å²) in [6.45, 7) is 0. The Bertz CT molecular complexity index is 2860. The molecule has 0 saturated carbocycles. The summed E-state index contributed by atoms with van der Waals surface area (Å²) in [5, 5.41) is 2.44. The van der Waals surface area contributed by atoms with Gasteiger partial charge >= 0.3 is 0 Å². The van der Waals surface area contributed by atoms with E-state index in [2.05, 4.69) is 115 Å². The van der Waals surface area contributed by atoms with Crippen molar-refractivity contribution >= 4 is 28.2 Å². The highest BCUT2D eigenvalue weighted by Crippen LogP contribution is 2.64. The van der Waals surface area contributed by atoms with Crippen molar-refractivity contribution in [3.05, 3.63) is 204 Å². The summed E-state index contributed by atoms with van der Waals surface area (Å²) in [6.07, 6.45) is 0. The minimum atomic E-state index is -0.538. The zero-order chi connectivity index (χ0) is 36.5. The molecule has 1 spiro atoms. The SMILES string of the molecule is Nc1ccc2c(c1)C1(c3ccccc3Sc3ccccc31)c1cc(-c3ccc(-c4nc(-c5ccccc5)nc(-c5ccccc5)n4)cc3)c3ccccc3c1-2. The fourth-order valence-corrected chi connectivity index (χ4v) is 9.94. The van der Waals surface area contributed by atoms with Crippen LogP contribution in [0.25, 0.3) is 67.2 Å². The molecule has 2 aliphatic rings. The molecular weight excluding hydrogens is 689 g/mol. The largest absolute Gasteiger partial charge is 0.399 e. The molecule has 9 aromatic rings. The molecule has 0 unspecified atom stereocenters. The first-order chi connectivity index (χ1) is 27.2. The Labute approximate surface area is 323 Å². The normalized spacial score (nSPS) is 13.2. The molecule has 0 amide bonds. The summed E-state index contributed by atoms with van der Waals surface area (Å²) in [4.78, 5) is 17.4. The molecule has 0 radical (unpaired) electrons. The van der Waals surface area contributed by atoms with Crippen molar-refractivity contribution in [1.82, 2.24) is 15.0 Å². The van der Waals surface area contributed by atoms with Crippen LogP contribution in [0.15, 0.2) is 192 Å². The fraction of sp³-hybridized carbons (Fsp3) is 0.0200. The van der Waals surface area contributed by atoms with Crippen molar-refractivity contribution in [2.45, 2.75) is 15.2 Å². The number of anilines is 1. The van der Waals surface area contributed by atoms with Crippen LogP contribution in [0, 0.1) is 0 Å². The topological polar surface area (TPSA) is 64.7 Å². The first-order valence-corrected chi connectivity index (χ1v) is 19.3. The number of fused-ring (bicyclic) bond motifs is 11. The van der Waals surface area contributed by atoms with Gasteiger partial charge in [-0.25, -0.2) is 15.0 Å². The maximum Gasteiger partial charge on any atom is 0.164 e. The van der Waals surface area contributed by atoms with Crippen LogP contribution in [0.5, 0.6) is 0 Å². The van der Waals surface area contributed by atoms with E-state index in [9.17, 15) is 0 Å². The number of nitrogen functional groups attached to an aromatic ring is 1. The van der Waals surface area contributed by atoms with E-state index < -0.39 is 5.41 Å². The number of rotatable bonds is 4. The molecule has 1 aromatic heterocycles. The van der Waals surface area contributed by atoms with Crippen molar-refractivity contribution in [3.63, 3.8) is 0 Å². The lowest BCUT2D eigenvalue weighted by Crippen LogP contribution is -2.32. The van der Waals surface area contributed by atoms with E-state index >= 15 is 0 Å². The van der Waals surface area contributed by atoms with Gasteiger partial charge in [0.15, 0.2) is 17.5 Å². The number of nitrogens with zero attached hydrogens (tertiary/aromatic N) is 3. The predicted octanol–water partition coefficient (Wildman–Crippen LogP) is 12.1. The van der Waals surface area contributed by atoms with Gasteiger partial charge in [-0.15, -0.1) is 0 Å². The van der Waals surface area contributed by atoms with Crippen LogP contribution in [0.3, 0.4) is 0 Å². The Hall–Kier alpha value is -6.82. The standard InChI is InChI=1S/C50H32N4S/c51-35-27-28-38-42(29-35)50(40-19-9-11-21-44(40)55-45-22-12-10-20-41(45)50)43-30-39(36-17-7-8-18-37(36)46(38)43)31-23-25-34(26-24-31)49-53-47(32-13-3-1-4-14-32)52-48(54-49)33-15-5-2-6-16-33/h1-30H,51H2. The van der Waals surface area contributed by atoms with Crippen LogP contribution in [-0.2, 0) is 5.41 Å². The van der Waals surface area contributed by atoms with Gasteiger partial charge in [-0.1, -0.05) is 163 Å². The number of benzene rings is 8. The van der Waals surface area contributed by atoms with Gasteiger partial charge in [-0.2, -0.15) is 0 Å². The van der Waals surface area contributed by atoms with Crippen molar-refractivity contribution in [1.29, 1.82) is 0 Å². The van der Waals surface area contributed by atoms with Gasteiger partial charge < -0.3 is 5.73 Å². The Balaban J connectivity index is 1.13. The third-order valence-electron chi connectivity index (χ3n) is 11.1. The van der Waals surface area contributed by atoms with Crippen LogP contribution in [0.1, 0.15) is 22.3 Å². The van der Waals surface area contributed by atoms with Crippen LogP contribution in [-0.4, -0.2) is 15.0 Å². The number of hydrogen-bond donors (Lipinski definition) is 1. The molecule has 0 fully saturated rings. The minimum Gasteiger partial charge on any atom is -0.399 e. The maximum atomic E-state index is 6.66. The van der Waals surface area contributed by atoms with E-state index in [4.69, 9.17) is 20.7 Å². The zero-order valence-corrected chi connectivity index (χ0v) is 30.5. The second-order valence-corrected chi connectivity index (χ2v) is 15.2. The quantitative estimate of drug-likeness (QED) is 0.183. The molecule has 5 heteroatoms. The molecule has 4 nitrogen and oxygen atoms in total. The molecule has 258 valence electrons. The van der Waals surface area contributed by atoms with Gasteiger partial charge in [-0.05, 0) is 85.6 Å². The summed E-state index contributed by atoms with van der Waals surface area (Å²) in [5.41, 5.74) is 19.6. The zero-order valence-electron chi connectivity index (χ0n) is 29.6. The van der Waals surface area contributed by atoms with Gasteiger partial charge in [0.1, 0.15) is 0 Å². The van der Waals surface area contributed by atoms with E-state index in [0.29, 0.717) is 17.5 Å². The molecule has 0 saturated heterocycles. The monoisotopic (exact) mass is 720 g/mol. The first kappa shape index (κ1) is 31.7. The molecule has 1 aliphatic carbocycles. The molecule has 0 atom stereocenters. The molecule has 0 bridgehead atoms. The van der Waals surface area contributed by atoms with Gasteiger partial charge in [0.25, 0.3) is 0 Å². The fourth-order valence-electron chi connectivity index (χ4n) is 8.75. The average Bonchev–Trinajstić information content (AvgIpc) is 3.53. The number of nitrogens with two attached hydrogens (primary N) is 1. The highest BCUT2D eigenvalue weighted by Gasteiger charge is 2.51. The van der Waals surface area contributed by atoms with Gasteiger partial charge in [-0.3, -0.25) is 0 Å². The number of hydrogen-bond acceptors (Lipinski definition) is 5. The Kier molecular flexibility index (Phi) is 7.13. The Morgan fingerprint density at radius 2 is 0.873 bits per heavy atom. The van der Waals surface area contributed by atoms with Crippen LogP contribution in [0.4, 0.5) is 5.69 Å².